The minimum Gasteiger partial charge on any atom is -0.360 e. The van der Waals surface area contributed by atoms with E-state index in [1.54, 1.807) is 19.9 Å². The number of amides is 1. The second kappa shape index (κ2) is 8.52. The van der Waals surface area contributed by atoms with Gasteiger partial charge in [-0.25, -0.2) is 17.5 Å². The van der Waals surface area contributed by atoms with Crippen LogP contribution in [-0.4, -0.2) is 64.6 Å². The monoisotopic (exact) mass is 475 g/mol. The third kappa shape index (κ3) is 4.07. The number of nitrogens with zero attached hydrogens (tertiary/aromatic N) is 5. The maximum atomic E-state index is 14.3. The zero-order chi connectivity index (χ0) is 23.9. The highest BCUT2D eigenvalue weighted by Crippen LogP contribution is 2.24. The van der Waals surface area contributed by atoms with E-state index in [1.807, 2.05) is 0 Å². The van der Waals surface area contributed by atoms with Gasteiger partial charge in [-0.3, -0.25) is 9.59 Å². The van der Waals surface area contributed by atoms with Crippen LogP contribution < -0.4 is 5.43 Å². The molecule has 0 aliphatic carbocycles. The fraction of sp³-hybridized carbons (Fsp3) is 0.333. The van der Waals surface area contributed by atoms with Crippen molar-refractivity contribution in [3.63, 3.8) is 0 Å². The summed E-state index contributed by atoms with van der Waals surface area (Å²) in [6.07, 6.45) is 0. The number of hydrogen-bond donors (Lipinski definition) is 0. The van der Waals surface area contributed by atoms with Crippen molar-refractivity contribution in [2.45, 2.75) is 25.7 Å². The van der Waals surface area contributed by atoms with Crippen LogP contribution in [0.4, 0.5) is 4.39 Å². The van der Waals surface area contributed by atoms with Crippen LogP contribution in [0.1, 0.15) is 27.6 Å². The molecule has 0 unspecified atom stereocenters. The Balaban J connectivity index is 1.57. The predicted octanol–water partition coefficient (Wildman–Crippen LogP) is 1.43. The molecule has 2 aromatic heterocycles. The summed E-state index contributed by atoms with van der Waals surface area (Å²) in [4.78, 5) is 27.0. The van der Waals surface area contributed by atoms with Crippen molar-refractivity contribution in [2.75, 3.05) is 26.2 Å². The van der Waals surface area contributed by atoms with E-state index in [4.69, 9.17) is 4.52 Å². The van der Waals surface area contributed by atoms with Crippen molar-refractivity contribution in [3.05, 3.63) is 69.2 Å². The van der Waals surface area contributed by atoms with Crippen molar-refractivity contribution in [3.8, 4) is 5.69 Å². The number of carbonyl (C=O) groups is 1. The number of aromatic nitrogens is 3. The van der Waals surface area contributed by atoms with Crippen molar-refractivity contribution in [1.29, 1.82) is 0 Å². The van der Waals surface area contributed by atoms with Gasteiger partial charge in [0, 0.05) is 37.9 Å². The molecule has 1 amide bonds. The van der Waals surface area contributed by atoms with Gasteiger partial charge in [-0.1, -0.05) is 17.3 Å². The van der Waals surface area contributed by atoms with Gasteiger partial charge in [0.25, 0.3) is 5.91 Å². The first-order chi connectivity index (χ1) is 15.6. The molecule has 3 aromatic rings. The predicted molar refractivity (Wildman–Crippen MR) is 115 cm³/mol. The molecule has 33 heavy (non-hydrogen) atoms. The molecule has 0 N–H and O–H groups in total. The maximum Gasteiger partial charge on any atom is 0.278 e. The van der Waals surface area contributed by atoms with Crippen LogP contribution in [0.3, 0.4) is 0 Å². The second-order valence-corrected chi connectivity index (χ2v) is 9.59. The Morgan fingerprint density at radius 2 is 1.76 bits per heavy atom. The van der Waals surface area contributed by atoms with Gasteiger partial charge in [-0.15, -0.1) is 0 Å². The summed E-state index contributed by atoms with van der Waals surface area (Å²) >= 11 is 0. The largest absolute Gasteiger partial charge is 0.360 e. The van der Waals surface area contributed by atoms with E-state index in [9.17, 15) is 22.4 Å². The molecule has 10 nitrogen and oxygen atoms in total. The summed E-state index contributed by atoms with van der Waals surface area (Å²) in [6.45, 7) is 4.86. The molecule has 0 atom stereocenters. The zero-order valence-electron chi connectivity index (χ0n) is 18.3. The highest BCUT2D eigenvalue weighted by atomic mass is 32.2. The van der Waals surface area contributed by atoms with Crippen molar-refractivity contribution in [2.24, 2.45) is 0 Å². The Kier molecular flexibility index (Phi) is 5.89. The van der Waals surface area contributed by atoms with Gasteiger partial charge in [0.1, 0.15) is 22.1 Å². The first-order valence-corrected chi connectivity index (χ1v) is 11.6. The van der Waals surface area contributed by atoms with E-state index >= 15 is 0 Å². The van der Waals surface area contributed by atoms with E-state index in [-0.39, 0.29) is 53.9 Å². The van der Waals surface area contributed by atoms with E-state index in [0.29, 0.717) is 5.69 Å². The molecule has 1 saturated heterocycles. The summed E-state index contributed by atoms with van der Waals surface area (Å²) in [7, 11) is -3.84. The quantitative estimate of drug-likeness (QED) is 0.560. The van der Waals surface area contributed by atoms with Crippen molar-refractivity contribution >= 4 is 15.9 Å². The van der Waals surface area contributed by atoms with Gasteiger partial charge >= 0.3 is 0 Å². The smallest absolute Gasteiger partial charge is 0.278 e. The van der Waals surface area contributed by atoms with Crippen LogP contribution >= 0.6 is 0 Å². The fourth-order valence-electron chi connectivity index (χ4n) is 3.82. The van der Waals surface area contributed by atoms with Gasteiger partial charge in [0.05, 0.1) is 0 Å². The van der Waals surface area contributed by atoms with Gasteiger partial charge < -0.3 is 9.42 Å². The minimum atomic E-state index is -3.84. The van der Waals surface area contributed by atoms with Crippen LogP contribution in [0, 0.1) is 26.6 Å². The minimum absolute atomic E-state index is 0.0234. The summed E-state index contributed by atoms with van der Waals surface area (Å²) < 4.78 is 47.7. The Hall–Kier alpha value is -3.38. The van der Waals surface area contributed by atoms with Crippen LogP contribution in [0.2, 0.25) is 0 Å². The van der Waals surface area contributed by atoms with Crippen LogP contribution in [0.25, 0.3) is 5.69 Å². The fourth-order valence-corrected chi connectivity index (χ4v) is 5.53. The number of aryl methyl sites for hydroxylation is 3. The van der Waals surface area contributed by atoms with Crippen LogP contribution in [0.15, 0.2) is 44.5 Å². The number of carbonyl (C=O) groups excluding carboxylic acids is 1. The number of halogens is 1. The number of benzene rings is 1. The molecular formula is C21H22FN5O5S. The summed E-state index contributed by atoms with van der Waals surface area (Å²) in [6, 6.07) is 7.13. The van der Waals surface area contributed by atoms with Gasteiger partial charge in [-0.05, 0) is 32.9 Å². The summed E-state index contributed by atoms with van der Waals surface area (Å²) in [5.41, 5.74) is -0.193. The number of rotatable bonds is 4. The number of para-hydroxylation sites is 1. The average Bonchev–Trinajstić information content (AvgIpc) is 3.13. The maximum absolute atomic E-state index is 14.3. The highest BCUT2D eigenvalue weighted by Gasteiger charge is 2.35. The van der Waals surface area contributed by atoms with Gasteiger partial charge in [0.15, 0.2) is 11.5 Å². The Bertz CT molecular complexity index is 1370. The number of hydrogen-bond acceptors (Lipinski definition) is 7. The lowest BCUT2D eigenvalue weighted by Gasteiger charge is -2.33. The third-order valence-electron chi connectivity index (χ3n) is 5.48. The second-order valence-electron chi connectivity index (χ2n) is 7.71. The molecule has 3 heterocycles. The Labute approximate surface area is 189 Å². The van der Waals surface area contributed by atoms with E-state index in [2.05, 4.69) is 10.3 Å². The van der Waals surface area contributed by atoms with E-state index < -0.39 is 27.2 Å². The normalized spacial score (nSPS) is 15.1. The Morgan fingerprint density at radius 1 is 1.09 bits per heavy atom. The van der Waals surface area contributed by atoms with Crippen LogP contribution in [0.5, 0.6) is 0 Å². The molecule has 0 radical (unpaired) electrons. The molecule has 0 bridgehead atoms. The van der Waals surface area contributed by atoms with Crippen molar-refractivity contribution in [1.82, 2.24) is 24.1 Å². The molecule has 0 saturated carbocycles. The van der Waals surface area contributed by atoms with E-state index in [0.717, 1.165) is 0 Å². The average molecular weight is 476 g/mol. The standard InChI is InChI=1S/C21H22FN5O5S/c1-13-12-18(28)19(23-27(13)17-7-5-4-6-16(17)22)21(29)25-8-10-26(11-9-25)33(30,31)20-14(2)24-32-15(20)3/h4-7,12H,8-11H2,1-3H3. The Morgan fingerprint density at radius 3 is 2.36 bits per heavy atom. The molecule has 1 aliphatic rings. The molecule has 12 heteroatoms. The van der Waals surface area contributed by atoms with Gasteiger partial charge in [-0.2, -0.15) is 9.40 Å². The third-order valence-corrected chi connectivity index (χ3v) is 7.63. The highest BCUT2D eigenvalue weighted by molar-refractivity contribution is 7.89. The SMILES string of the molecule is Cc1noc(C)c1S(=O)(=O)N1CCN(C(=O)c2nn(-c3ccccc3F)c(C)cc2=O)CC1. The molecule has 4 rings (SSSR count). The lowest BCUT2D eigenvalue weighted by atomic mass is 10.2. The molecule has 0 spiro atoms. The molecular weight excluding hydrogens is 453 g/mol. The number of sulfonamides is 1. The molecule has 174 valence electrons. The van der Waals surface area contributed by atoms with Crippen molar-refractivity contribution < 1.29 is 22.1 Å². The summed E-state index contributed by atoms with van der Waals surface area (Å²) in [5.74, 6) is -0.990. The topological polar surface area (TPSA) is 119 Å². The zero-order valence-corrected chi connectivity index (χ0v) is 19.1. The molecule has 1 aliphatic heterocycles. The van der Waals surface area contributed by atoms with E-state index in [1.165, 1.54) is 45.1 Å². The first kappa shape index (κ1) is 22.8. The first-order valence-electron chi connectivity index (χ1n) is 10.2. The lowest BCUT2D eigenvalue weighted by molar-refractivity contribution is 0.0688. The molecule has 1 aromatic carbocycles. The van der Waals surface area contributed by atoms with Crippen LogP contribution in [-0.2, 0) is 10.0 Å². The number of piperazine rings is 1. The summed E-state index contributed by atoms with van der Waals surface area (Å²) in [5, 5.41) is 7.83. The lowest BCUT2D eigenvalue weighted by Crippen LogP contribution is -2.51. The molecule has 1 fully saturated rings. The van der Waals surface area contributed by atoms with Gasteiger partial charge in [0.2, 0.25) is 15.5 Å².